The summed E-state index contributed by atoms with van der Waals surface area (Å²) in [6.07, 6.45) is 3.84. The number of aromatic amines is 1. The van der Waals surface area contributed by atoms with E-state index in [-0.39, 0.29) is 0 Å². The van der Waals surface area contributed by atoms with Gasteiger partial charge < -0.3 is 4.98 Å². The fourth-order valence-electron chi connectivity index (χ4n) is 1.08. The van der Waals surface area contributed by atoms with Crippen LogP contribution in [-0.2, 0) is 0 Å². The Morgan fingerprint density at radius 3 is 3.18 bits per heavy atom. The lowest BCUT2D eigenvalue weighted by molar-refractivity contribution is 1.29. The molecule has 0 saturated heterocycles. The van der Waals surface area contributed by atoms with Gasteiger partial charge in [-0.3, -0.25) is 0 Å². The Kier molecular flexibility index (Phi) is 1.60. The normalized spacial score (nSPS) is 10.7. The molecular weight excluding hydrogens is 251 g/mol. The van der Waals surface area contributed by atoms with Crippen LogP contribution in [0.5, 0.6) is 0 Å². The van der Waals surface area contributed by atoms with Crippen LogP contribution in [0.3, 0.4) is 0 Å². The zero-order valence-electron chi connectivity index (χ0n) is 6.06. The highest BCUT2D eigenvalue weighted by Crippen LogP contribution is 2.18. The average Bonchev–Trinajstić information content (AvgIpc) is 2.33. The van der Waals surface area contributed by atoms with Crippen molar-refractivity contribution in [2.45, 2.75) is 6.92 Å². The zero-order chi connectivity index (χ0) is 7.84. The van der Waals surface area contributed by atoms with Crippen molar-refractivity contribution in [2.24, 2.45) is 0 Å². The number of nitrogens with zero attached hydrogens (tertiary/aromatic N) is 1. The number of rotatable bonds is 0. The predicted octanol–water partition coefficient (Wildman–Crippen LogP) is 2.48. The lowest BCUT2D eigenvalue weighted by Gasteiger charge is -1.91. The van der Waals surface area contributed by atoms with Gasteiger partial charge in [0.15, 0.2) is 0 Å². The SMILES string of the molecule is Cc1cnc2[nH]cc(I)c2c1. The van der Waals surface area contributed by atoms with Crippen LogP contribution < -0.4 is 0 Å². The molecule has 0 aliphatic carbocycles. The van der Waals surface area contributed by atoms with Crippen LogP contribution >= 0.6 is 22.6 Å². The minimum atomic E-state index is 0.972. The molecule has 2 nitrogen and oxygen atoms in total. The van der Waals surface area contributed by atoms with E-state index in [0.29, 0.717) is 0 Å². The maximum Gasteiger partial charge on any atom is 0.138 e. The molecule has 2 heterocycles. The predicted molar refractivity (Wildman–Crippen MR) is 53.5 cm³/mol. The fourth-order valence-corrected chi connectivity index (χ4v) is 1.64. The first-order chi connectivity index (χ1) is 5.27. The van der Waals surface area contributed by atoms with Crippen LogP contribution in [0.4, 0.5) is 0 Å². The molecule has 11 heavy (non-hydrogen) atoms. The van der Waals surface area contributed by atoms with Gasteiger partial charge in [0.05, 0.1) is 0 Å². The molecule has 3 heteroatoms. The molecule has 2 rings (SSSR count). The number of hydrogen-bond donors (Lipinski definition) is 1. The van der Waals surface area contributed by atoms with Gasteiger partial charge in [-0.05, 0) is 41.1 Å². The summed E-state index contributed by atoms with van der Waals surface area (Å²) in [7, 11) is 0. The Balaban J connectivity index is 2.87. The number of pyridine rings is 1. The van der Waals surface area contributed by atoms with Gasteiger partial charge in [-0.2, -0.15) is 0 Å². The van der Waals surface area contributed by atoms with Crippen molar-refractivity contribution in [3.63, 3.8) is 0 Å². The van der Waals surface area contributed by atoms with Gasteiger partial charge in [-0.25, -0.2) is 4.98 Å². The summed E-state index contributed by atoms with van der Waals surface area (Å²) in [6, 6.07) is 2.14. The molecule has 0 unspecified atom stereocenters. The lowest BCUT2D eigenvalue weighted by atomic mass is 10.2. The molecule has 0 saturated carbocycles. The summed E-state index contributed by atoms with van der Waals surface area (Å²) in [5.74, 6) is 0. The molecular formula is C8H7IN2. The highest BCUT2D eigenvalue weighted by atomic mass is 127. The molecule has 0 radical (unpaired) electrons. The van der Waals surface area contributed by atoms with Gasteiger partial charge >= 0.3 is 0 Å². The van der Waals surface area contributed by atoms with E-state index < -0.39 is 0 Å². The topological polar surface area (TPSA) is 28.7 Å². The van der Waals surface area contributed by atoms with E-state index in [1.807, 2.05) is 12.4 Å². The quantitative estimate of drug-likeness (QED) is 0.722. The number of H-pyrrole nitrogens is 1. The van der Waals surface area contributed by atoms with E-state index in [4.69, 9.17) is 0 Å². The highest BCUT2D eigenvalue weighted by molar-refractivity contribution is 14.1. The molecule has 56 valence electrons. The van der Waals surface area contributed by atoms with Gasteiger partial charge in [0.2, 0.25) is 0 Å². The first-order valence-electron chi connectivity index (χ1n) is 3.36. The standard InChI is InChI=1S/C8H7IN2/c1-5-2-6-7(9)4-11-8(6)10-3-5/h2-4H,1H3,(H,10,11). The molecule has 0 spiro atoms. The molecule has 0 aromatic carbocycles. The third-order valence-electron chi connectivity index (χ3n) is 1.62. The minimum Gasteiger partial charge on any atom is -0.345 e. The first-order valence-corrected chi connectivity index (χ1v) is 4.44. The molecule has 0 atom stereocenters. The summed E-state index contributed by atoms with van der Waals surface area (Å²) in [5.41, 5.74) is 2.18. The molecule has 0 bridgehead atoms. The number of halogens is 1. The average molecular weight is 258 g/mol. The van der Waals surface area contributed by atoms with Crippen LogP contribution in [0.15, 0.2) is 18.5 Å². The van der Waals surface area contributed by atoms with Crippen molar-refractivity contribution in [2.75, 3.05) is 0 Å². The van der Waals surface area contributed by atoms with Crippen molar-refractivity contribution < 1.29 is 0 Å². The third-order valence-corrected chi connectivity index (χ3v) is 2.51. The Labute approximate surface area is 78.2 Å². The number of aromatic nitrogens is 2. The van der Waals surface area contributed by atoms with Crippen molar-refractivity contribution in [3.05, 3.63) is 27.6 Å². The van der Waals surface area contributed by atoms with E-state index >= 15 is 0 Å². The largest absolute Gasteiger partial charge is 0.345 e. The highest BCUT2D eigenvalue weighted by Gasteiger charge is 2.00. The van der Waals surface area contributed by atoms with Crippen molar-refractivity contribution in [3.8, 4) is 0 Å². The number of fused-ring (bicyclic) bond motifs is 1. The Hall–Kier alpha value is -0.580. The van der Waals surface area contributed by atoms with Crippen LogP contribution in [0.25, 0.3) is 11.0 Å². The summed E-state index contributed by atoms with van der Waals surface area (Å²) < 4.78 is 1.23. The van der Waals surface area contributed by atoms with E-state index in [9.17, 15) is 0 Å². The monoisotopic (exact) mass is 258 g/mol. The van der Waals surface area contributed by atoms with Gasteiger partial charge in [0.25, 0.3) is 0 Å². The number of aryl methyl sites for hydroxylation is 1. The maximum absolute atomic E-state index is 4.24. The number of hydrogen-bond acceptors (Lipinski definition) is 1. The van der Waals surface area contributed by atoms with E-state index in [0.717, 1.165) is 5.65 Å². The Bertz CT molecular complexity index is 392. The van der Waals surface area contributed by atoms with Gasteiger partial charge in [-0.1, -0.05) is 0 Å². The Morgan fingerprint density at radius 1 is 1.55 bits per heavy atom. The lowest BCUT2D eigenvalue weighted by Crippen LogP contribution is -1.77. The second kappa shape index (κ2) is 2.48. The van der Waals surface area contributed by atoms with E-state index in [1.54, 1.807) is 0 Å². The molecule has 0 aliphatic heterocycles. The molecule has 1 N–H and O–H groups in total. The van der Waals surface area contributed by atoms with Crippen LogP contribution in [0.2, 0.25) is 0 Å². The van der Waals surface area contributed by atoms with Crippen LogP contribution in [-0.4, -0.2) is 9.97 Å². The zero-order valence-corrected chi connectivity index (χ0v) is 8.21. The second-order valence-corrected chi connectivity index (χ2v) is 3.71. The third kappa shape index (κ3) is 1.13. The first kappa shape index (κ1) is 7.09. The Morgan fingerprint density at radius 2 is 2.36 bits per heavy atom. The molecule has 2 aromatic heterocycles. The molecule has 0 amide bonds. The smallest absolute Gasteiger partial charge is 0.138 e. The summed E-state index contributed by atoms with van der Waals surface area (Å²) >= 11 is 2.30. The molecule has 0 aliphatic rings. The fraction of sp³-hybridized carbons (Fsp3) is 0.125. The number of nitrogens with one attached hydrogen (secondary N) is 1. The van der Waals surface area contributed by atoms with Gasteiger partial charge in [-0.15, -0.1) is 0 Å². The second-order valence-electron chi connectivity index (χ2n) is 2.55. The molecule has 2 aromatic rings. The van der Waals surface area contributed by atoms with E-state index in [2.05, 4.69) is 45.5 Å². The van der Waals surface area contributed by atoms with Crippen molar-refractivity contribution in [1.82, 2.24) is 9.97 Å². The van der Waals surface area contributed by atoms with Gasteiger partial charge in [0.1, 0.15) is 5.65 Å². The summed E-state index contributed by atoms with van der Waals surface area (Å²) in [5, 5.41) is 1.21. The summed E-state index contributed by atoms with van der Waals surface area (Å²) in [4.78, 5) is 7.34. The van der Waals surface area contributed by atoms with Crippen LogP contribution in [0.1, 0.15) is 5.56 Å². The van der Waals surface area contributed by atoms with Crippen LogP contribution in [0, 0.1) is 10.5 Å². The van der Waals surface area contributed by atoms with E-state index in [1.165, 1.54) is 14.5 Å². The van der Waals surface area contributed by atoms with Crippen molar-refractivity contribution >= 4 is 33.6 Å². The molecule has 0 fully saturated rings. The van der Waals surface area contributed by atoms with Crippen molar-refractivity contribution in [1.29, 1.82) is 0 Å². The summed E-state index contributed by atoms with van der Waals surface area (Å²) in [6.45, 7) is 2.05. The van der Waals surface area contributed by atoms with Gasteiger partial charge in [0, 0.05) is 21.4 Å². The minimum absolute atomic E-state index is 0.972. The maximum atomic E-state index is 4.24.